The largest absolute Gasteiger partial charge is 0.335 e. The summed E-state index contributed by atoms with van der Waals surface area (Å²) in [7, 11) is 0. The molecule has 0 unspecified atom stereocenters. The second-order valence-electron chi connectivity index (χ2n) is 5.79. The third kappa shape index (κ3) is 3.04. The van der Waals surface area contributed by atoms with Gasteiger partial charge in [0.1, 0.15) is 0 Å². The van der Waals surface area contributed by atoms with Crippen LogP contribution in [0.15, 0.2) is 41.8 Å². The van der Waals surface area contributed by atoms with Gasteiger partial charge in [0.2, 0.25) is 0 Å². The number of rotatable bonds is 3. The molecule has 0 N–H and O–H groups in total. The van der Waals surface area contributed by atoms with E-state index in [2.05, 4.69) is 27.7 Å². The molecule has 1 aliphatic heterocycles. The molecule has 0 atom stereocenters. The summed E-state index contributed by atoms with van der Waals surface area (Å²) in [5.41, 5.74) is 1.20. The number of hydrogen-bond donors (Lipinski definition) is 0. The zero-order chi connectivity index (χ0) is 16.5. The normalized spacial score (nSPS) is 15.9. The first-order valence-corrected chi connectivity index (χ1v) is 9.96. The van der Waals surface area contributed by atoms with E-state index in [4.69, 9.17) is 12.2 Å². The van der Waals surface area contributed by atoms with E-state index in [0.717, 1.165) is 41.7 Å². The molecule has 0 saturated carbocycles. The summed E-state index contributed by atoms with van der Waals surface area (Å²) < 4.78 is 4.34. The van der Waals surface area contributed by atoms with Crippen LogP contribution in [0.3, 0.4) is 0 Å². The van der Waals surface area contributed by atoms with Crippen LogP contribution in [-0.4, -0.2) is 46.5 Å². The van der Waals surface area contributed by atoms with Crippen LogP contribution in [0.4, 0.5) is 0 Å². The number of thiophene rings is 1. The summed E-state index contributed by atoms with van der Waals surface area (Å²) in [5, 5.41) is 1.95. The van der Waals surface area contributed by atoms with Crippen molar-refractivity contribution in [3.8, 4) is 0 Å². The molecule has 1 fully saturated rings. The van der Waals surface area contributed by atoms with E-state index in [9.17, 15) is 4.79 Å². The maximum Gasteiger partial charge on any atom is 0.264 e. The van der Waals surface area contributed by atoms with E-state index in [1.54, 1.807) is 11.3 Å². The van der Waals surface area contributed by atoms with Crippen LogP contribution in [0.5, 0.6) is 0 Å². The number of carbonyl (C=O) groups excluding carboxylic acids is 1. The van der Waals surface area contributed by atoms with Gasteiger partial charge in [-0.15, -0.1) is 22.7 Å². The summed E-state index contributed by atoms with van der Waals surface area (Å²) in [5.74, 6) is 0.155. The Morgan fingerprint density at radius 3 is 2.62 bits per heavy atom. The molecule has 7 heteroatoms. The van der Waals surface area contributed by atoms with E-state index >= 15 is 0 Å². The molecule has 1 aromatic carbocycles. The number of fused-ring (bicyclic) bond motifs is 1. The number of thiazole rings is 1. The fourth-order valence-corrected chi connectivity index (χ4v) is 5.00. The van der Waals surface area contributed by atoms with Crippen LogP contribution >= 0.6 is 34.9 Å². The molecule has 3 heterocycles. The quantitative estimate of drug-likeness (QED) is 0.650. The van der Waals surface area contributed by atoms with E-state index in [1.807, 2.05) is 28.5 Å². The Kier molecular flexibility index (Phi) is 4.49. The lowest BCUT2D eigenvalue weighted by Gasteiger charge is -2.34. The van der Waals surface area contributed by atoms with Gasteiger partial charge in [0.05, 0.1) is 21.8 Å². The van der Waals surface area contributed by atoms with E-state index in [0.29, 0.717) is 0 Å². The van der Waals surface area contributed by atoms with Crippen molar-refractivity contribution in [2.24, 2.45) is 0 Å². The van der Waals surface area contributed by atoms with Gasteiger partial charge in [-0.3, -0.25) is 9.69 Å². The molecule has 1 amide bonds. The van der Waals surface area contributed by atoms with Gasteiger partial charge in [-0.1, -0.05) is 18.2 Å². The molecule has 4 nitrogen and oxygen atoms in total. The summed E-state index contributed by atoms with van der Waals surface area (Å²) in [6, 6.07) is 12.2. The zero-order valence-electron chi connectivity index (χ0n) is 13.1. The minimum absolute atomic E-state index is 0.155. The predicted molar refractivity (Wildman–Crippen MR) is 102 cm³/mol. The first kappa shape index (κ1) is 16.0. The van der Waals surface area contributed by atoms with Crippen molar-refractivity contribution in [1.82, 2.24) is 14.4 Å². The van der Waals surface area contributed by atoms with E-state index in [1.165, 1.54) is 21.6 Å². The lowest BCUT2D eigenvalue weighted by Crippen LogP contribution is -2.48. The summed E-state index contributed by atoms with van der Waals surface area (Å²) in [4.78, 5) is 17.6. The molecule has 0 aliphatic carbocycles. The Balaban J connectivity index is 1.44. The fraction of sp³-hybridized carbons (Fsp3) is 0.294. The van der Waals surface area contributed by atoms with Crippen molar-refractivity contribution >= 4 is 51.0 Å². The van der Waals surface area contributed by atoms with Gasteiger partial charge >= 0.3 is 0 Å². The fourth-order valence-electron chi connectivity index (χ4n) is 3.00. The molecule has 3 aromatic rings. The van der Waals surface area contributed by atoms with Gasteiger partial charge in [-0.2, -0.15) is 0 Å². The van der Waals surface area contributed by atoms with Gasteiger partial charge in [-0.05, 0) is 35.8 Å². The molecular weight excluding hydrogens is 358 g/mol. The van der Waals surface area contributed by atoms with Crippen LogP contribution in [0.1, 0.15) is 9.67 Å². The first-order chi connectivity index (χ1) is 11.7. The molecule has 0 bridgehead atoms. The van der Waals surface area contributed by atoms with Gasteiger partial charge in [0.15, 0.2) is 3.95 Å². The van der Waals surface area contributed by atoms with Crippen molar-refractivity contribution in [2.45, 2.75) is 6.67 Å². The lowest BCUT2D eigenvalue weighted by molar-refractivity contribution is 0.0602. The average molecular weight is 376 g/mol. The Hall–Kier alpha value is -1.54. The number of para-hydroxylation sites is 1. The number of nitrogens with zero attached hydrogens (tertiary/aromatic N) is 3. The summed E-state index contributed by atoms with van der Waals surface area (Å²) >= 11 is 8.70. The number of hydrogen-bond acceptors (Lipinski definition) is 5. The van der Waals surface area contributed by atoms with Crippen molar-refractivity contribution in [3.63, 3.8) is 0 Å². The average Bonchev–Trinajstić information content (AvgIpc) is 3.24. The Bertz CT molecular complexity index is 905. The second kappa shape index (κ2) is 6.76. The minimum atomic E-state index is 0.155. The topological polar surface area (TPSA) is 28.5 Å². The van der Waals surface area contributed by atoms with Crippen molar-refractivity contribution in [1.29, 1.82) is 0 Å². The smallest absolute Gasteiger partial charge is 0.264 e. The molecular formula is C17H17N3OS3. The van der Waals surface area contributed by atoms with E-state index in [-0.39, 0.29) is 5.91 Å². The molecule has 1 saturated heterocycles. The number of piperazine rings is 1. The van der Waals surface area contributed by atoms with Crippen molar-refractivity contribution in [3.05, 3.63) is 50.6 Å². The lowest BCUT2D eigenvalue weighted by atomic mass is 10.3. The van der Waals surface area contributed by atoms with Crippen LogP contribution in [0, 0.1) is 3.95 Å². The predicted octanol–water partition coefficient (Wildman–Crippen LogP) is 3.91. The number of benzene rings is 1. The Labute approximate surface area is 153 Å². The molecule has 24 heavy (non-hydrogen) atoms. The zero-order valence-corrected chi connectivity index (χ0v) is 15.5. The van der Waals surface area contributed by atoms with Gasteiger partial charge < -0.3 is 9.47 Å². The van der Waals surface area contributed by atoms with Gasteiger partial charge in [0, 0.05) is 26.2 Å². The van der Waals surface area contributed by atoms with Gasteiger partial charge in [-0.25, -0.2) is 0 Å². The molecule has 124 valence electrons. The highest BCUT2D eigenvalue weighted by molar-refractivity contribution is 7.73. The maximum atomic E-state index is 12.4. The SMILES string of the molecule is O=C(c1cccs1)N1CCN(Cn2c(=S)sc3ccccc32)CC1. The van der Waals surface area contributed by atoms with Crippen LogP contribution in [-0.2, 0) is 6.67 Å². The summed E-state index contributed by atoms with van der Waals surface area (Å²) in [6.07, 6.45) is 0. The van der Waals surface area contributed by atoms with Crippen molar-refractivity contribution < 1.29 is 4.79 Å². The van der Waals surface area contributed by atoms with Crippen LogP contribution < -0.4 is 0 Å². The molecule has 0 radical (unpaired) electrons. The third-order valence-electron chi connectivity index (χ3n) is 4.31. The first-order valence-electron chi connectivity index (χ1n) is 7.86. The maximum absolute atomic E-state index is 12.4. The number of amides is 1. The number of aromatic nitrogens is 1. The molecule has 4 rings (SSSR count). The monoisotopic (exact) mass is 375 g/mol. The van der Waals surface area contributed by atoms with Crippen molar-refractivity contribution in [2.75, 3.05) is 26.2 Å². The third-order valence-corrected chi connectivity index (χ3v) is 6.59. The highest BCUT2D eigenvalue weighted by Gasteiger charge is 2.23. The van der Waals surface area contributed by atoms with E-state index < -0.39 is 0 Å². The highest BCUT2D eigenvalue weighted by atomic mass is 32.1. The Morgan fingerprint density at radius 2 is 1.88 bits per heavy atom. The standard InChI is InChI=1S/C17H17N3OS3/c21-16(15-6-3-11-23-15)19-9-7-18(8-10-19)12-20-13-4-1-2-5-14(13)24-17(20)22/h1-6,11H,7-10,12H2. The molecule has 1 aliphatic rings. The highest BCUT2D eigenvalue weighted by Crippen LogP contribution is 2.23. The Morgan fingerprint density at radius 1 is 1.08 bits per heavy atom. The minimum Gasteiger partial charge on any atom is -0.335 e. The molecule has 2 aromatic heterocycles. The van der Waals surface area contributed by atoms with Crippen LogP contribution in [0.25, 0.3) is 10.2 Å². The van der Waals surface area contributed by atoms with Gasteiger partial charge in [0.25, 0.3) is 5.91 Å². The number of carbonyl (C=O) groups is 1. The van der Waals surface area contributed by atoms with Crippen LogP contribution in [0.2, 0.25) is 0 Å². The summed E-state index contributed by atoms with van der Waals surface area (Å²) in [6.45, 7) is 4.09. The second-order valence-corrected chi connectivity index (χ2v) is 8.42. The molecule has 0 spiro atoms.